The van der Waals surface area contributed by atoms with Crippen molar-refractivity contribution >= 4 is 22.8 Å². The fourth-order valence-electron chi connectivity index (χ4n) is 4.34. The number of carboxylic acid groups (broad SMARTS) is 1. The van der Waals surface area contributed by atoms with Gasteiger partial charge in [-0.3, -0.25) is 9.59 Å². The average molecular weight is 386 g/mol. The Morgan fingerprint density at radius 3 is 2.57 bits per heavy atom. The number of benzene rings is 1. The summed E-state index contributed by atoms with van der Waals surface area (Å²) in [6.07, 6.45) is 0.500. The Kier molecular flexibility index (Phi) is 5.53. The third-order valence-corrected chi connectivity index (χ3v) is 6.52. The van der Waals surface area contributed by atoms with Crippen LogP contribution in [-0.2, 0) is 16.1 Å². The highest BCUT2D eigenvalue weighted by Gasteiger charge is 2.48. The van der Waals surface area contributed by atoms with Crippen LogP contribution in [0.3, 0.4) is 0 Å². The van der Waals surface area contributed by atoms with Crippen LogP contribution in [0, 0.1) is 25.2 Å². The lowest BCUT2D eigenvalue weighted by atomic mass is 9.76. The van der Waals surface area contributed by atoms with Crippen LogP contribution in [0.2, 0.25) is 0 Å². The number of fused-ring (bicyclic) bond motifs is 1. The number of nitrogens with zero attached hydrogens (tertiary/aromatic N) is 2. The molecule has 1 atom stereocenters. The number of ether oxygens (including phenoxy) is 1. The molecule has 1 N–H and O–H groups in total. The number of carboxylic acids is 1. The Morgan fingerprint density at radius 2 is 2.00 bits per heavy atom. The van der Waals surface area contributed by atoms with Crippen molar-refractivity contribution in [2.45, 2.75) is 40.7 Å². The number of aromatic nitrogens is 1. The molecule has 28 heavy (non-hydrogen) atoms. The van der Waals surface area contributed by atoms with Crippen molar-refractivity contribution < 1.29 is 19.4 Å². The second-order valence-electron chi connectivity index (χ2n) is 8.18. The van der Waals surface area contributed by atoms with E-state index in [9.17, 15) is 14.7 Å². The van der Waals surface area contributed by atoms with E-state index in [2.05, 4.69) is 18.4 Å². The zero-order valence-electron chi connectivity index (χ0n) is 17.4. The normalized spacial score (nSPS) is 19.7. The topological polar surface area (TPSA) is 71.8 Å². The molecule has 3 rings (SSSR count). The van der Waals surface area contributed by atoms with Gasteiger partial charge in [0.25, 0.3) is 5.91 Å². The Morgan fingerprint density at radius 1 is 1.29 bits per heavy atom. The Balaban J connectivity index is 1.91. The number of aryl methyl sites for hydroxylation is 1. The maximum Gasteiger partial charge on any atom is 0.311 e. The first-order valence-electron chi connectivity index (χ1n) is 9.84. The molecule has 1 aliphatic heterocycles. The molecule has 6 nitrogen and oxygen atoms in total. The van der Waals surface area contributed by atoms with Crippen LogP contribution >= 0.6 is 0 Å². The van der Waals surface area contributed by atoms with Crippen LogP contribution < -0.4 is 0 Å². The predicted molar refractivity (Wildman–Crippen MR) is 109 cm³/mol. The lowest BCUT2D eigenvalue weighted by Gasteiger charge is -2.28. The molecule has 1 fully saturated rings. The minimum Gasteiger partial charge on any atom is -0.481 e. The SMILES string of the molecule is COCCn1c(C)c(C)c2cc(C(=O)N3CCC(C(=O)O)(C(C)C)C3)ccc21. The zero-order valence-corrected chi connectivity index (χ0v) is 17.4. The van der Waals surface area contributed by atoms with Crippen molar-refractivity contribution in [3.05, 3.63) is 35.0 Å². The quantitative estimate of drug-likeness (QED) is 0.825. The van der Waals surface area contributed by atoms with Gasteiger partial charge in [0.15, 0.2) is 0 Å². The van der Waals surface area contributed by atoms with Gasteiger partial charge in [0.2, 0.25) is 0 Å². The number of methoxy groups -OCH3 is 1. The van der Waals surface area contributed by atoms with Crippen LogP contribution in [0.25, 0.3) is 10.9 Å². The van der Waals surface area contributed by atoms with Gasteiger partial charge in [-0.05, 0) is 49.9 Å². The van der Waals surface area contributed by atoms with E-state index in [1.54, 1.807) is 12.0 Å². The maximum atomic E-state index is 13.1. The third kappa shape index (κ3) is 3.20. The molecule has 1 unspecified atom stereocenters. The minimum absolute atomic E-state index is 0.0232. The predicted octanol–water partition coefficient (Wildman–Crippen LogP) is 3.48. The molecule has 1 amide bonds. The van der Waals surface area contributed by atoms with Crippen molar-refractivity contribution in [2.24, 2.45) is 11.3 Å². The van der Waals surface area contributed by atoms with E-state index < -0.39 is 11.4 Å². The van der Waals surface area contributed by atoms with E-state index in [4.69, 9.17) is 4.74 Å². The number of carbonyl (C=O) groups is 2. The molecular formula is C22H30N2O4. The molecule has 1 aliphatic rings. The molecule has 2 heterocycles. The first kappa shape index (κ1) is 20.4. The molecule has 0 radical (unpaired) electrons. The minimum atomic E-state index is -0.851. The highest BCUT2D eigenvalue weighted by Crippen LogP contribution is 2.39. The first-order chi connectivity index (χ1) is 13.2. The van der Waals surface area contributed by atoms with Crippen LogP contribution in [-0.4, -0.2) is 53.3 Å². The molecule has 1 aromatic carbocycles. The molecule has 0 aliphatic carbocycles. The van der Waals surface area contributed by atoms with Gasteiger partial charge in [0.1, 0.15) is 0 Å². The van der Waals surface area contributed by atoms with E-state index >= 15 is 0 Å². The summed E-state index contributed by atoms with van der Waals surface area (Å²) in [4.78, 5) is 26.7. The number of carbonyl (C=O) groups excluding carboxylic acids is 1. The Hall–Kier alpha value is -2.34. The lowest BCUT2D eigenvalue weighted by Crippen LogP contribution is -2.40. The summed E-state index contributed by atoms with van der Waals surface area (Å²) in [6, 6.07) is 5.78. The summed E-state index contributed by atoms with van der Waals surface area (Å²) in [7, 11) is 1.69. The first-order valence-corrected chi connectivity index (χ1v) is 9.84. The highest BCUT2D eigenvalue weighted by atomic mass is 16.5. The highest BCUT2D eigenvalue weighted by molar-refractivity contribution is 5.99. The lowest BCUT2D eigenvalue weighted by molar-refractivity contribution is -0.150. The number of hydrogen-bond donors (Lipinski definition) is 1. The number of aliphatic carboxylic acids is 1. The van der Waals surface area contributed by atoms with Crippen LogP contribution in [0.4, 0.5) is 0 Å². The molecule has 6 heteroatoms. The standard InChI is InChI=1S/C22H30N2O4/c1-14(2)22(21(26)27)8-9-23(13-22)20(25)17-6-7-19-18(12-17)15(3)16(4)24(19)10-11-28-5/h6-7,12,14H,8-11,13H2,1-5H3,(H,26,27). The van der Waals surface area contributed by atoms with E-state index in [1.165, 1.54) is 5.69 Å². The summed E-state index contributed by atoms with van der Waals surface area (Å²) in [5.41, 5.74) is 3.18. The zero-order chi connectivity index (χ0) is 20.6. The monoisotopic (exact) mass is 386 g/mol. The second-order valence-corrected chi connectivity index (χ2v) is 8.18. The second kappa shape index (κ2) is 7.59. The molecule has 1 aromatic heterocycles. The van der Waals surface area contributed by atoms with Gasteiger partial charge in [0, 0.05) is 48.9 Å². The van der Waals surface area contributed by atoms with Gasteiger partial charge >= 0.3 is 5.97 Å². The Bertz CT molecular complexity index is 915. The van der Waals surface area contributed by atoms with Gasteiger partial charge in [0.05, 0.1) is 12.0 Å². The van der Waals surface area contributed by atoms with Crippen LogP contribution in [0.1, 0.15) is 41.9 Å². The van der Waals surface area contributed by atoms with E-state index in [1.807, 2.05) is 32.0 Å². The molecule has 0 bridgehead atoms. The molecule has 1 saturated heterocycles. The van der Waals surface area contributed by atoms with Crippen LogP contribution in [0.15, 0.2) is 18.2 Å². The van der Waals surface area contributed by atoms with Gasteiger partial charge in [-0.15, -0.1) is 0 Å². The number of likely N-dealkylation sites (tertiary alicyclic amines) is 1. The summed E-state index contributed by atoms with van der Waals surface area (Å²) in [5, 5.41) is 10.8. The summed E-state index contributed by atoms with van der Waals surface area (Å²) in [5.74, 6) is -0.924. The maximum absolute atomic E-state index is 13.1. The Labute approximate surface area is 166 Å². The third-order valence-electron chi connectivity index (χ3n) is 6.52. The smallest absolute Gasteiger partial charge is 0.311 e. The van der Waals surface area contributed by atoms with E-state index in [0.29, 0.717) is 25.1 Å². The largest absolute Gasteiger partial charge is 0.481 e. The number of amides is 1. The van der Waals surface area contributed by atoms with Crippen molar-refractivity contribution in [3.8, 4) is 0 Å². The van der Waals surface area contributed by atoms with Crippen molar-refractivity contribution in [3.63, 3.8) is 0 Å². The van der Waals surface area contributed by atoms with Gasteiger partial charge in [-0.2, -0.15) is 0 Å². The van der Waals surface area contributed by atoms with Crippen molar-refractivity contribution in [1.82, 2.24) is 9.47 Å². The van der Waals surface area contributed by atoms with Gasteiger partial charge in [-0.25, -0.2) is 0 Å². The average Bonchev–Trinajstić information content (AvgIpc) is 3.22. The molecule has 2 aromatic rings. The molecule has 152 valence electrons. The van der Waals surface area contributed by atoms with Crippen molar-refractivity contribution in [2.75, 3.05) is 26.8 Å². The summed E-state index contributed by atoms with van der Waals surface area (Å²) in [6.45, 7) is 10.1. The fourth-order valence-corrected chi connectivity index (χ4v) is 4.34. The summed E-state index contributed by atoms with van der Waals surface area (Å²) >= 11 is 0. The van der Waals surface area contributed by atoms with Crippen molar-refractivity contribution in [1.29, 1.82) is 0 Å². The molecule has 0 spiro atoms. The summed E-state index contributed by atoms with van der Waals surface area (Å²) < 4.78 is 7.43. The number of rotatable bonds is 6. The van der Waals surface area contributed by atoms with Gasteiger partial charge in [-0.1, -0.05) is 13.8 Å². The molecular weight excluding hydrogens is 356 g/mol. The van der Waals surface area contributed by atoms with E-state index in [-0.39, 0.29) is 18.4 Å². The van der Waals surface area contributed by atoms with Crippen LogP contribution in [0.5, 0.6) is 0 Å². The van der Waals surface area contributed by atoms with Gasteiger partial charge < -0.3 is 19.3 Å². The van der Waals surface area contributed by atoms with E-state index in [0.717, 1.165) is 23.0 Å². The molecule has 0 saturated carbocycles. The fraction of sp³-hybridized carbons (Fsp3) is 0.545. The number of hydrogen-bond acceptors (Lipinski definition) is 3.